The first kappa shape index (κ1) is 42.5. The molecule has 4 unspecified atom stereocenters. The van der Waals surface area contributed by atoms with Crippen LogP contribution in [0, 0.1) is 11.8 Å². The Labute approximate surface area is 355 Å². The maximum Gasteiger partial charge on any atom is 0.349 e. The Morgan fingerprint density at radius 2 is 1.83 bits per heavy atom. The van der Waals surface area contributed by atoms with E-state index in [4.69, 9.17) is 4.74 Å². The van der Waals surface area contributed by atoms with Crippen LogP contribution < -0.4 is 10.6 Å². The molecule has 8 rings (SSSR count). The molecular weight excluding hydrogens is 785 g/mol. The van der Waals surface area contributed by atoms with Gasteiger partial charge in [-0.2, -0.15) is 0 Å². The van der Waals surface area contributed by atoms with Gasteiger partial charge in [0.25, 0.3) is 0 Å². The predicted molar refractivity (Wildman–Crippen MR) is 230 cm³/mol. The van der Waals surface area contributed by atoms with E-state index in [2.05, 4.69) is 64.4 Å². The van der Waals surface area contributed by atoms with Crippen molar-refractivity contribution in [3.05, 3.63) is 67.0 Å². The van der Waals surface area contributed by atoms with E-state index in [0.29, 0.717) is 48.1 Å². The molecule has 320 valence electrons. The number of rotatable bonds is 14. The number of piperidine rings is 1. The van der Waals surface area contributed by atoms with Gasteiger partial charge >= 0.3 is 5.97 Å². The number of carbonyl (C=O) groups excluding carboxylic acids is 2. The highest BCUT2D eigenvalue weighted by Gasteiger charge is 2.46. The number of aromatic nitrogens is 3. The van der Waals surface area contributed by atoms with Gasteiger partial charge in [-0.05, 0) is 148 Å². The molecule has 6 atom stereocenters. The predicted octanol–water partition coefficient (Wildman–Crippen LogP) is 5.57. The van der Waals surface area contributed by atoms with Crippen molar-refractivity contribution in [3.8, 4) is 0 Å². The third-order valence-corrected chi connectivity index (χ3v) is 16.3. The van der Waals surface area contributed by atoms with Gasteiger partial charge in [0.2, 0.25) is 11.5 Å². The number of nitrogens with zero attached hydrogens (tertiary/aromatic N) is 4. The van der Waals surface area contributed by atoms with E-state index in [0.717, 1.165) is 86.8 Å². The van der Waals surface area contributed by atoms with Crippen LogP contribution in [0.2, 0.25) is 0 Å². The van der Waals surface area contributed by atoms with Gasteiger partial charge in [0.1, 0.15) is 11.6 Å². The Morgan fingerprint density at radius 1 is 1.05 bits per heavy atom. The summed E-state index contributed by atoms with van der Waals surface area (Å²) in [5, 5.41) is 51.4. The highest BCUT2D eigenvalue weighted by atomic mass is 32.1. The first-order valence-corrected chi connectivity index (χ1v) is 23.5. The number of fused-ring (bicyclic) bond motifs is 4. The van der Waals surface area contributed by atoms with Crippen LogP contribution in [0.4, 0.5) is 0 Å². The van der Waals surface area contributed by atoms with Gasteiger partial charge in [-0.3, -0.25) is 4.79 Å². The van der Waals surface area contributed by atoms with E-state index >= 15 is 0 Å². The van der Waals surface area contributed by atoms with Gasteiger partial charge in [0.15, 0.2) is 0 Å². The lowest BCUT2D eigenvalue weighted by Crippen LogP contribution is -2.58. The average molecular weight is 847 g/mol. The summed E-state index contributed by atoms with van der Waals surface area (Å²) >= 11 is 2.85. The topological polar surface area (TPSA) is 162 Å². The molecule has 2 saturated carbocycles. The summed E-state index contributed by atoms with van der Waals surface area (Å²) in [6.45, 7) is 9.22. The van der Waals surface area contributed by atoms with E-state index in [-0.39, 0.29) is 35.3 Å². The quantitative estimate of drug-likeness (QED) is 0.102. The lowest BCUT2D eigenvalue weighted by atomic mass is 9.68. The molecule has 3 aromatic heterocycles. The fraction of sp³-hybridized carbons (Fsp3) is 0.644. The zero-order valence-electron chi connectivity index (χ0n) is 35.0. The zero-order valence-corrected chi connectivity index (χ0v) is 36.6. The number of ether oxygens (including phenoxy) is 1. The Balaban J connectivity index is 0.823. The number of amides is 1. The van der Waals surface area contributed by atoms with Crippen molar-refractivity contribution < 1.29 is 29.6 Å². The van der Waals surface area contributed by atoms with Crippen molar-refractivity contribution in [3.63, 3.8) is 0 Å². The van der Waals surface area contributed by atoms with Gasteiger partial charge in [-0.25, -0.2) is 9.48 Å². The van der Waals surface area contributed by atoms with E-state index < -0.39 is 23.8 Å². The molecule has 12 nitrogen and oxygen atoms in total. The van der Waals surface area contributed by atoms with Crippen molar-refractivity contribution in [2.75, 3.05) is 20.1 Å². The molecule has 14 heteroatoms. The largest absolute Gasteiger partial charge is 0.460 e. The fourth-order valence-corrected chi connectivity index (χ4v) is 12.4. The smallest absolute Gasteiger partial charge is 0.349 e. The minimum Gasteiger partial charge on any atom is -0.460 e. The Kier molecular flexibility index (Phi) is 12.7. The van der Waals surface area contributed by atoms with Crippen LogP contribution in [0.3, 0.4) is 0 Å². The normalized spacial score (nSPS) is 26.3. The monoisotopic (exact) mass is 846 g/mol. The first-order valence-electron chi connectivity index (χ1n) is 21.8. The molecule has 3 fully saturated rings. The summed E-state index contributed by atoms with van der Waals surface area (Å²) in [4.78, 5) is 30.5. The highest BCUT2D eigenvalue weighted by molar-refractivity contribution is 7.13. The zero-order chi connectivity index (χ0) is 41.5. The molecule has 5 N–H and O–H groups in total. The lowest BCUT2D eigenvalue weighted by molar-refractivity contribution is -0.169. The van der Waals surface area contributed by atoms with Crippen molar-refractivity contribution in [1.82, 2.24) is 30.5 Å². The van der Waals surface area contributed by atoms with Crippen molar-refractivity contribution in [2.24, 2.45) is 11.8 Å². The molecule has 4 aliphatic rings. The molecule has 1 aliphatic heterocycles. The number of aliphatic hydroxyl groups is 3. The third-order valence-electron chi connectivity index (χ3n) is 13.7. The van der Waals surface area contributed by atoms with Gasteiger partial charge in [-0.1, -0.05) is 32.1 Å². The highest BCUT2D eigenvalue weighted by Crippen LogP contribution is 2.42. The maximum atomic E-state index is 13.8. The van der Waals surface area contributed by atoms with E-state index in [1.807, 2.05) is 29.6 Å². The second-order valence-electron chi connectivity index (χ2n) is 18.6. The summed E-state index contributed by atoms with van der Waals surface area (Å²) in [5.41, 5.74) is 4.14. The van der Waals surface area contributed by atoms with Crippen LogP contribution in [-0.2, 0) is 51.3 Å². The van der Waals surface area contributed by atoms with Gasteiger partial charge in [-0.15, -0.1) is 27.8 Å². The van der Waals surface area contributed by atoms with Crippen LogP contribution in [0.25, 0.3) is 11.0 Å². The van der Waals surface area contributed by atoms with Crippen LogP contribution in [0.1, 0.15) is 116 Å². The second-order valence-corrected chi connectivity index (χ2v) is 20.6. The molecule has 1 saturated heterocycles. The fourth-order valence-electron chi connectivity index (χ4n) is 10.3. The molecule has 0 bridgehead atoms. The summed E-state index contributed by atoms with van der Waals surface area (Å²) < 4.78 is 8.20. The Hall–Kier alpha value is -3.24. The number of aryl methyl sites for hydroxylation is 2. The summed E-state index contributed by atoms with van der Waals surface area (Å²) in [7, 11) is 2.19. The number of esters is 1. The molecule has 0 radical (unpaired) electrons. The number of carbonyl (C=O) groups is 2. The number of hydrogen-bond donors (Lipinski definition) is 5. The number of nitrogens with one attached hydrogen (secondary N) is 2. The molecule has 0 spiro atoms. The number of benzene rings is 1. The van der Waals surface area contributed by atoms with E-state index in [1.165, 1.54) is 39.4 Å². The van der Waals surface area contributed by atoms with Crippen molar-refractivity contribution in [1.29, 1.82) is 0 Å². The summed E-state index contributed by atoms with van der Waals surface area (Å²) in [5.74, 6) is -0.442. The molecule has 4 aromatic rings. The molecule has 1 amide bonds. The van der Waals surface area contributed by atoms with E-state index in [9.17, 15) is 24.9 Å². The first-order chi connectivity index (χ1) is 28.3. The van der Waals surface area contributed by atoms with Gasteiger partial charge in [0.05, 0.1) is 33.5 Å². The minimum absolute atomic E-state index is 0.00536. The molecular formula is C45H62N6O6S2. The number of thiophene rings is 2. The molecule has 3 aliphatic carbocycles. The minimum atomic E-state index is -1.81. The van der Waals surface area contributed by atoms with Crippen LogP contribution >= 0.6 is 22.7 Å². The Bertz CT molecular complexity index is 2090. The standard InChI is InChI=1S/C45H62N6O6S2/c1-44(2,3)37-18-19-39(59-37)45(56,38-10-6-23-58-38)43(55)57-29-13-11-28(12-14-29)50(4)21-7-22-51-42-33-9-5-8-30(33)27(24-34(42)48-49-51)25-46-26-36(53)31-15-17-35(52)41-32(31)16-20-40(54)47-41/h6,10,18-19,23-24,28-29,31-32,35-36,41,46,52-53,56H,5,7-9,11-17,20-22,25-26H2,1-4H3,(H,47,54)/t28?,29?,31?,32?,35?,36-,41?,45-/m0/s1. The maximum absolute atomic E-state index is 13.8. The van der Waals surface area contributed by atoms with Crippen LogP contribution in [-0.4, -0.2) is 97.6 Å². The van der Waals surface area contributed by atoms with Gasteiger partial charge < -0.3 is 35.6 Å². The lowest BCUT2D eigenvalue weighted by Gasteiger charge is -2.45. The SMILES string of the molecule is CN(CCCn1nnc2cc(CNC[C@H](O)C3CCC(O)C4NC(=O)CCC43)c3c(c21)CCC3)C1CCC(OC(=O)[C@](O)(c2cccs2)c2ccc(C(C)(C)C)s2)CC1. The van der Waals surface area contributed by atoms with Crippen molar-refractivity contribution in [2.45, 2.75) is 152 Å². The molecule has 1 aromatic carbocycles. The van der Waals surface area contributed by atoms with Crippen LogP contribution in [0.5, 0.6) is 0 Å². The molecule has 4 heterocycles. The second kappa shape index (κ2) is 17.6. The summed E-state index contributed by atoms with van der Waals surface area (Å²) in [6, 6.07) is 9.87. The third kappa shape index (κ3) is 8.78. The van der Waals surface area contributed by atoms with E-state index in [1.54, 1.807) is 0 Å². The number of aliphatic hydroxyl groups excluding tert-OH is 2. The van der Waals surface area contributed by atoms with Gasteiger partial charge in [0, 0.05) is 37.0 Å². The molecule has 59 heavy (non-hydrogen) atoms. The van der Waals surface area contributed by atoms with Crippen molar-refractivity contribution >= 4 is 45.6 Å². The van der Waals surface area contributed by atoms with Crippen LogP contribution in [0.15, 0.2) is 35.7 Å². The average Bonchev–Trinajstić information content (AvgIpc) is 4.05. The number of hydrogen-bond acceptors (Lipinski definition) is 12. The Morgan fingerprint density at radius 3 is 2.58 bits per heavy atom. The summed E-state index contributed by atoms with van der Waals surface area (Å²) in [6.07, 6.45) is 8.68.